The van der Waals surface area contributed by atoms with Gasteiger partial charge in [-0.3, -0.25) is 4.99 Å². The second-order valence-corrected chi connectivity index (χ2v) is 8.93. The second kappa shape index (κ2) is 10.2. The van der Waals surface area contributed by atoms with Gasteiger partial charge in [0, 0.05) is 39.8 Å². The molecule has 28 heavy (non-hydrogen) atoms. The first-order valence-corrected chi connectivity index (χ1v) is 11.4. The molecule has 0 aliphatic carbocycles. The summed E-state index contributed by atoms with van der Waals surface area (Å²) >= 11 is 0. The van der Waals surface area contributed by atoms with Gasteiger partial charge in [0.1, 0.15) is 6.10 Å². The summed E-state index contributed by atoms with van der Waals surface area (Å²) in [5, 5.41) is 3.16. The van der Waals surface area contributed by atoms with E-state index >= 15 is 0 Å². The van der Waals surface area contributed by atoms with Crippen molar-refractivity contribution in [2.45, 2.75) is 31.6 Å². The highest BCUT2D eigenvalue weighted by molar-refractivity contribution is 7.89. The number of nitrogens with zero attached hydrogens (tertiary/aromatic N) is 2. The van der Waals surface area contributed by atoms with Gasteiger partial charge in [0.05, 0.1) is 18.5 Å². The van der Waals surface area contributed by atoms with Crippen LogP contribution in [0, 0.1) is 0 Å². The number of guanidine groups is 1. The van der Waals surface area contributed by atoms with Gasteiger partial charge in [-0.05, 0) is 18.4 Å². The van der Waals surface area contributed by atoms with Gasteiger partial charge >= 0.3 is 0 Å². The zero-order chi connectivity index (χ0) is 19.8. The van der Waals surface area contributed by atoms with Crippen LogP contribution in [0.15, 0.2) is 35.3 Å². The molecule has 2 fully saturated rings. The Labute approximate surface area is 167 Å². The lowest BCUT2D eigenvalue weighted by atomic mass is 10.1. The van der Waals surface area contributed by atoms with E-state index < -0.39 is 10.0 Å². The maximum Gasteiger partial charge on any atom is 0.213 e. The number of benzene rings is 1. The smallest absolute Gasteiger partial charge is 0.213 e. The van der Waals surface area contributed by atoms with E-state index in [1.807, 2.05) is 30.3 Å². The van der Waals surface area contributed by atoms with Crippen molar-refractivity contribution in [3.8, 4) is 0 Å². The lowest BCUT2D eigenvalue weighted by Gasteiger charge is -2.37. The predicted octanol–water partition coefficient (Wildman–Crippen LogP) is 0.561. The van der Waals surface area contributed by atoms with Crippen LogP contribution in [0.25, 0.3) is 0 Å². The van der Waals surface area contributed by atoms with Gasteiger partial charge in [-0.15, -0.1) is 0 Å². The molecule has 1 aromatic carbocycles. The largest absolute Gasteiger partial charge is 0.375 e. The van der Waals surface area contributed by atoms with Crippen molar-refractivity contribution in [3.63, 3.8) is 0 Å². The number of morpholine rings is 1. The van der Waals surface area contributed by atoms with Gasteiger partial charge < -0.3 is 19.7 Å². The Bertz CT molecular complexity index is 736. The van der Waals surface area contributed by atoms with Crippen molar-refractivity contribution in [3.05, 3.63) is 35.9 Å². The van der Waals surface area contributed by atoms with Crippen LogP contribution in [-0.4, -0.2) is 77.1 Å². The third-order valence-electron chi connectivity index (χ3n) is 4.98. The SMILES string of the molecule is CN=C(NCCS(=O)(=O)NCc1ccccc1)N1CCOC(C2CCCO2)C1. The fraction of sp³-hybridized carbons (Fsp3) is 0.632. The van der Waals surface area contributed by atoms with E-state index in [0.29, 0.717) is 32.2 Å². The number of hydrogen-bond acceptors (Lipinski definition) is 5. The quantitative estimate of drug-likeness (QED) is 0.504. The van der Waals surface area contributed by atoms with Gasteiger partial charge in [-0.1, -0.05) is 30.3 Å². The fourth-order valence-electron chi connectivity index (χ4n) is 3.48. The molecule has 0 spiro atoms. The molecule has 2 unspecified atom stereocenters. The molecule has 1 aromatic rings. The number of rotatable bonds is 7. The summed E-state index contributed by atoms with van der Waals surface area (Å²) in [6.07, 6.45) is 2.27. The lowest BCUT2D eigenvalue weighted by molar-refractivity contribution is -0.0816. The minimum atomic E-state index is -3.37. The monoisotopic (exact) mass is 410 g/mol. The van der Waals surface area contributed by atoms with Gasteiger partial charge in [-0.2, -0.15) is 0 Å². The van der Waals surface area contributed by atoms with Crippen LogP contribution >= 0.6 is 0 Å². The Kier molecular flexibility index (Phi) is 7.66. The van der Waals surface area contributed by atoms with Crippen molar-refractivity contribution in [1.82, 2.24) is 14.9 Å². The maximum atomic E-state index is 12.2. The van der Waals surface area contributed by atoms with Crippen molar-refractivity contribution < 1.29 is 17.9 Å². The first-order valence-electron chi connectivity index (χ1n) is 9.77. The molecule has 0 bridgehead atoms. The Balaban J connectivity index is 1.44. The number of ether oxygens (including phenoxy) is 2. The summed E-state index contributed by atoms with van der Waals surface area (Å²) in [5.41, 5.74) is 0.934. The minimum Gasteiger partial charge on any atom is -0.375 e. The number of aliphatic imine (C=N–C) groups is 1. The van der Waals surface area contributed by atoms with E-state index in [1.54, 1.807) is 7.05 Å². The summed E-state index contributed by atoms with van der Waals surface area (Å²) in [6.45, 7) is 3.42. The molecule has 9 heteroatoms. The summed E-state index contributed by atoms with van der Waals surface area (Å²) in [6, 6.07) is 9.47. The summed E-state index contributed by atoms with van der Waals surface area (Å²) in [5.74, 6) is 0.683. The fourth-order valence-corrected chi connectivity index (χ4v) is 4.38. The Morgan fingerprint density at radius 3 is 2.71 bits per heavy atom. The van der Waals surface area contributed by atoms with Gasteiger partial charge in [0.2, 0.25) is 10.0 Å². The molecule has 2 atom stereocenters. The van der Waals surface area contributed by atoms with E-state index in [-0.39, 0.29) is 18.0 Å². The molecule has 3 rings (SSSR count). The highest BCUT2D eigenvalue weighted by Gasteiger charge is 2.32. The molecular formula is C19H30N4O4S. The molecule has 8 nitrogen and oxygen atoms in total. The van der Waals surface area contributed by atoms with E-state index in [1.165, 1.54) is 0 Å². The van der Waals surface area contributed by atoms with Crippen molar-refractivity contribution in [1.29, 1.82) is 0 Å². The van der Waals surface area contributed by atoms with Crippen LogP contribution < -0.4 is 10.0 Å². The first-order chi connectivity index (χ1) is 13.6. The third-order valence-corrected chi connectivity index (χ3v) is 6.30. The van der Waals surface area contributed by atoms with Crippen molar-refractivity contribution >= 4 is 16.0 Å². The van der Waals surface area contributed by atoms with Crippen LogP contribution in [0.2, 0.25) is 0 Å². The van der Waals surface area contributed by atoms with E-state index in [0.717, 1.165) is 31.6 Å². The molecule has 2 saturated heterocycles. The average molecular weight is 411 g/mol. The summed E-state index contributed by atoms with van der Waals surface area (Å²) in [4.78, 5) is 6.42. The Hall–Kier alpha value is -1.68. The molecule has 156 valence electrons. The van der Waals surface area contributed by atoms with Crippen molar-refractivity contribution in [2.24, 2.45) is 4.99 Å². The molecule has 2 heterocycles. The van der Waals surface area contributed by atoms with Crippen LogP contribution in [0.4, 0.5) is 0 Å². The van der Waals surface area contributed by atoms with Gasteiger partial charge in [0.15, 0.2) is 5.96 Å². The predicted molar refractivity (Wildman–Crippen MR) is 109 cm³/mol. The normalized spacial score (nSPS) is 23.8. The number of nitrogens with one attached hydrogen (secondary N) is 2. The third kappa shape index (κ3) is 6.16. The minimum absolute atomic E-state index is 0.0155. The van der Waals surface area contributed by atoms with Crippen LogP contribution in [-0.2, 0) is 26.0 Å². The number of hydrogen-bond donors (Lipinski definition) is 2. The topological polar surface area (TPSA) is 92.3 Å². The Morgan fingerprint density at radius 1 is 1.21 bits per heavy atom. The summed E-state index contributed by atoms with van der Waals surface area (Å²) < 4.78 is 38.7. The van der Waals surface area contributed by atoms with Gasteiger partial charge in [-0.25, -0.2) is 13.1 Å². The standard InChI is InChI=1S/C19H30N4O4S/c1-20-19(23-10-12-27-18(15-23)17-8-5-11-26-17)21-9-13-28(24,25)22-14-16-6-3-2-4-7-16/h2-4,6-7,17-18,22H,5,8-15H2,1H3,(H,20,21). The molecule has 2 aliphatic heterocycles. The van der Waals surface area contributed by atoms with Gasteiger partial charge in [0.25, 0.3) is 0 Å². The maximum absolute atomic E-state index is 12.2. The molecular weight excluding hydrogens is 380 g/mol. The highest BCUT2D eigenvalue weighted by Crippen LogP contribution is 2.20. The van der Waals surface area contributed by atoms with E-state index in [2.05, 4.69) is 19.9 Å². The highest BCUT2D eigenvalue weighted by atomic mass is 32.2. The lowest BCUT2D eigenvalue weighted by Crippen LogP contribution is -2.53. The zero-order valence-electron chi connectivity index (χ0n) is 16.3. The average Bonchev–Trinajstić information content (AvgIpc) is 3.26. The molecule has 2 N–H and O–H groups in total. The van der Waals surface area contributed by atoms with Crippen LogP contribution in [0.1, 0.15) is 18.4 Å². The van der Waals surface area contributed by atoms with E-state index in [4.69, 9.17) is 9.47 Å². The van der Waals surface area contributed by atoms with Crippen LogP contribution in [0.3, 0.4) is 0 Å². The van der Waals surface area contributed by atoms with E-state index in [9.17, 15) is 8.42 Å². The number of sulfonamides is 1. The molecule has 2 aliphatic rings. The molecule has 0 aromatic heterocycles. The molecule has 0 saturated carbocycles. The summed E-state index contributed by atoms with van der Waals surface area (Å²) in [7, 11) is -1.66. The first kappa shape index (κ1) is 21.0. The second-order valence-electron chi connectivity index (χ2n) is 7.01. The molecule has 0 amide bonds. The molecule has 0 radical (unpaired) electrons. The Morgan fingerprint density at radius 2 is 2.00 bits per heavy atom. The van der Waals surface area contributed by atoms with Crippen LogP contribution in [0.5, 0.6) is 0 Å². The zero-order valence-corrected chi connectivity index (χ0v) is 17.2. The van der Waals surface area contributed by atoms with Crippen molar-refractivity contribution in [2.75, 3.05) is 45.6 Å².